The highest BCUT2D eigenvalue weighted by molar-refractivity contribution is 7.10. The van der Waals surface area contributed by atoms with Gasteiger partial charge in [0.15, 0.2) is 0 Å². The van der Waals surface area contributed by atoms with E-state index in [9.17, 15) is 0 Å². The van der Waals surface area contributed by atoms with Gasteiger partial charge in [-0.2, -0.15) is 11.3 Å². The lowest BCUT2D eigenvalue weighted by molar-refractivity contribution is 0.632. The molecule has 0 aliphatic carbocycles. The van der Waals surface area contributed by atoms with Gasteiger partial charge >= 0.3 is 0 Å². The summed E-state index contributed by atoms with van der Waals surface area (Å²) in [7, 11) is 0. The molecule has 0 spiro atoms. The summed E-state index contributed by atoms with van der Waals surface area (Å²) in [5.74, 6) is 0. The predicted octanol–water partition coefficient (Wildman–Crippen LogP) is 3.82. The van der Waals surface area contributed by atoms with E-state index in [1.165, 1.54) is 16.0 Å². The molecule has 0 saturated carbocycles. The van der Waals surface area contributed by atoms with Gasteiger partial charge in [0.2, 0.25) is 0 Å². The first-order valence-corrected chi connectivity index (χ1v) is 6.94. The highest BCUT2D eigenvalue weighted by Gasteiger charge is 2.15. The maximum atomic E-state index is 3.54. The summed E-state index contributed by atoms with van der Waals surface area (Å²) in [5.41, 5.74) is 2.80. The lowest BCUT2D eigenvalue weighted by Crippen LogP contribution is -2.21. The Balaban J connectivity index is 2.32. The number of aryl methyl sites for hydroxylation is 1. The molecule has 0 fully saturated rings. The number of hydrogen-bond donors (Lipinski definition) is 1. The molecule has 2 aromatic rings. The van der Waals surface area contributed by atoms with E-state index in [0.717, 1.165) is 6.54 Å². The SMILES string of the molecule is CCNC(c1ccsc1)c1ccsc1C. The van der Waals surface area contributed by atoms with Crippen LogP contribution in [0.4, 0.5) is 0 Å². The van der Waals surface area contributed by atoms with Crippen molar-refractivity contribution in [2.45, 2.75) is 19.9 Å². The van der Waals surface area contributed by atoms with E-state index >= 15 is 0 Å². The van der Waals surface area contributed by atoms with Crippen molar-refractivity contribution >= 4 is 22.7 Å². The maximum Gasteiger partial charge on any atom is 0.0595 e. The van der Waals surface area contributed by atoms with Gasteiger partial charge < -0.3 is 5.32 Å². The molecule has 0 saturated heterocycles. The van der Waals surface area contributed by atoms with Crippen LogP contribution in [0.2, 0.25) is 0 Å². The van der Waals surface area contributed by atoms with Crippen molar-refractivity contribution in [2.75, 3.05) is 6.54 Å². The number of hydrogen-bond acceptors (Lipinski definition) is 3. The summed E-state index contributed by atoms with van der Waals surface area (Å²) < 4.78 is 0. The summed E-state index contributed by atoms with van der Waals surface area (Å²) in [4.78, 5) is 1.41. The Morgan fingerprint density at radius 3 is 2.73 bits per heavy atom. The normalized spacial score (nSPS) is 12.9. The van der Waals surface area contributed by atoms with Crippen LogP contribution < -0.4 is 5.32 Å². The number of nitrogens with one attached hydrogen (secondary N) is 1. The molecule has 2 heterocycles. The first kappa shape index (κ1) is 10.9. The number of rotatable bonds is 4. The van der Waals surface area contributed by atoms with Gasteiger partial charge in [0, 0.05) is 4.88 Å². The summed E-state index contributed by atoms with van der Waals surface area (Å²) in [5, 5.41) is 10.1. The van der Waals surface area contributed by atoms with Crippen molar-refractivity contribution in [1.82, 2.24) is 5.32 Å². The monoisotopic (exact) mass is 237 g/mol. The van der Waals surface area contributed by atoms with Gasteiger partial charge in [0.05, 0.1) is 6.04 Å². The van der Waals surface area contributed by atoms with E-state index < -0.39 is 0 Å². The van der Waals surface area contributed by atoms with Crippen LogP contribution in [0.1, 0.15) is 29.0 Å². The van der Waals surface area contributed by atoms with E-state index in [4.69, 9.17) is 0 Å². The molecule has 0 aliphatic rings. The highest BCUT2D eigenvalue weighted by atomic mass is 32.1. The van der Waals surface area contributed by atoms with Crippen LogP contribution in [0.5, 0.6) is 0 Å². The standard InChI is InChI=1S/C12H15NS2/c1-3-13-12(10-4-6-14-8-10)11-5-7-15-9(11)2/h4-8,12-13H,3H2,1-2H3. The molecule has 0 aliphatic heterocycles. The summed E-state index contributed by atoms with van der Waals surface area (Å²) in [6, 6.07) is 4.80. The maximum absolute atomic E-state index is 3.54. The molecule has 0 aromatic carbocycles. The Hall–Kier alpha value is -0.640. The van der Waals surface area contributed by atoms with Gasteiger partial charge in [-0.05, 0) is 52.9 Å². The lowest BCUT2D eigenvalue weighted by Gasteiger charge is -2.16. The van der Waals surface area contributed by atoms with Crippen LogP contribution in [-0.4, -0.2) is 6.54 Å². The minimum Gasteiger partial charge on any atom is -0.306 e. The van der Waals surface area contributed by atoms with E-state index in [1.54, 1.807) is 11.3 Å². The van der Waals surface area contributed by atoms with Crippen LogP contribution in [0.15, 0.2) is 28.3 Å². The van der Waals surface area contributed by atoms with Gasteiger partial charge in [0.25, 0.3) is 0 Å². The van der Waals surface area contributed by atoms with Crippen molar-refractivity contribution in [3.05, 3.63) is 44.3 Å². The summed E-state index contributed by atoms with van der Waals surface area (Å²) in [6.07, 6.45) is 0. The van der Waals surface area contributed by atoms with Crippen LogP contribution in [-0.2, 0) is 0 Å². The van der Waals surface area contributed by atoms with Crippen LogP contribution in [0.3, 0.4) is 0 Å². The van der Waals surface area contributed by atoms with E-state index in [2.05, 4.69) is 47.4 Å². The second-order valence-corrected chi connectivity index (χ2v) is 5.38. The Labute approximate surface area is 98.8 Å². The van der Waals surface area contributed by atoms with Crippen LogP contribution in [0.25, 0.3) is 0 Å². The highest BCUT2D eigenvalue weighted by Crippen LogP contribution is 2.29. The van der Waals surface area contributed by atoms with E-state index in [1.807, 2.05) is 11.3 Å². The van der Waals surface area contributed by atoms with Gasteiger partial charge in [-0.3, -0.25) is 0 Å². The Morgan fingerprint density at radius 1 is 1.33 bits per heavy atom. The quantitative estimate of drug-likeness (QED) is 0.852. The van der Waals surface area contributed by atoms with Crippen LogP contribution in [0, 0.1) is 6.92 Å². The zero-order valence-electron chi connectivity index (χ0n) is 8.99. The number of thiophene rings is 2. The average molecular weight is 237 g/mol. The zero-order chi connectivity index (χ0) is 10.7. The van der Waals surface area contributed by atoms with Gasteiger partial charge in [-0.25, -0.2) is 0 Å². The minimum absolute atomic E-state index is 0.368. The molecule has 15 heavy (non-hydrogen) atoms. The molecule has 1 atom stereocenters. The molecule has 80 valence electrons. The summed E-state index contributed by atoms with van der Waals surface area (Å²) in [6.45, 7) is 5.34. The van der Waals surface area contributed by atoms with Crippen molar-refractivity contribution in [3.63, 3.8) is 0 Å². The second-order valence-electron chi connectivity index (χ2n) is 3.48. The molecule has 2 aromatic heterocycles. The Bertz CT molecular complexity index is 403. The van der Waals surface area contributed by atoms with Crippen molar-refractivity contribution < 1.29 is 0 Å². The van der Waals surface area contributed by atoms with Crippen LogP contribution >= 0.6 is 22.7 Å². The third-order valence-corrected chi connectivity index (χ3v) is 4.06. The van der Waals surface area contributed by atoms with E-state index in [0.29, 0.717) is 6.04 Å². The largest absolute Gasteiger partial charge is 0.306 e. The molecule has 2 rings (SSSR count). The zero-order valence-corrected chi connectivity index (χ0v) is 10.6. The molecule has 0 radical (unpaired) electrons. The second kappa shape index (κ2) is 4.92. The Morgan fingerprint density at radius 2 is 2.20 bits per heavy atom. The fraction of sp³-hybridized carbons (Fsp3) is 0.333. The third kappa shape index (κ3) is 2.30. The van der Waals surface area contributed by atoms with Crippen molar-refractivity contribution in [3.8, 4) is 0 Å². The molecule has 1 nitrogen and oxygen atoms in total. The molecular formula is C12H15NS2. The molecular weight excluding hydrogens is 222 g/mol. The first-order valence-electron chi connectivity index (χ1n) is 5.12. The fourth-order valence-electron chi connectivity index (χ4n) is 1.75. The van der Waals surface area contributed by atoms with Gasteiger partial charge in [0.1, 0.15) is 0 Å². The van der Waals surface area contributed by atoms with E-state index in [-0.39, 0.29) is 0 Å². The van der Waals surface area contributed by atoms with Gasteiger partial charge in [-0.1, -0.05) is 6.92 Å². The fourth-order valence-corrected chi connectivity index (χ4v) is 3.17. The summed E-state index contributed by atoms with van der Waals surface area (Å²) >= 11 is 3.58. The molecule has 3 heteroatoms. The topological polar surface area (TPSA) is 12.0 Å². The molecule has 0 amide bonds. The van der Waals surface area contributed by atoms with Crippen molar-refractivity contribution in [1.29, 1.82) is 0 Å². The smallest absolute Gasteiger partial charge is 0.0595 e. The lowest BCUT2D eigenvalue weighted by atomic mass is 10.0. The first-order chi connectivity index (χ1) is 7.33. The Kier molecular flexibility index (Phi) is 3.57. The molecule has 1 N–H and O–H groups in total. The average Bonchev–Trinajstić information content (AvgIpc) is 2.85. The van der Waals surface area contributed by atoms with Gasteiger partial charge in [-0.15, -0.1) is 11.3 Å². The third-order valence-electron chi connectivity index (χ3n) is 2.49. The molecule has 0 bridgehead atoms. The van der Waals surface area contributed by atoms with Crippen molar-refractivity contribution in [2.24, 2.45) is 0 Å². The molecule has 1 unspecified atom stereocenters. The minimum atomic E-state index is 0.368. The predicted molar refractivity (Wildman–Crippen MR) is 68.9 cm³/mol.